The van der Waals surface area contributed by atoms with Gasteiger partial charge in [0.05, 0.1) is 17.2 Å². The molecule has 0 aromatic heterocycles. The van der Waals surface area contributed by atoms with Crippen molar-refractivity contribution in [2.45, 2.75) is 6.92 Å². The predicted molar refractivity (Wildman–Crippen MR) is 80.7 cm³/mol. The average molecular weight is 374 g/mol. The third-order valence-corrected chi connectivity index (χ3v) is 2.45. The Morgan fingerprint density at radius 3 is 2.36 bits per heavy atom. The van der Waals surface area contributed by atoms with E-state index in [2.05, 4.69) is 31.2 Å². The molecule has 0 saturated carbocycles. The number of hydrogen-bond acceptors (Lipinski definition) is 8. The van der Waals surface area contributed by atoms with Crippen LogP contribution in [0.2, 0.25) is 0 Å². The van der Waals surface area contributed by atoms with Crippen molar-refractivity contribution in [1.29, 1.82) is 0 Å². The zero-order valence-electron chi connectivity index (χ0n) is 11.4. The molecule has 0 heterocycles. The second-order valence-corrected chi connectivity index (χ2v) is 4.10. The molecule has 0 fully saturated rings. The third-order valence-electron chi connectivity index (χ3n) is 2.22. The second kappa shape index (κ2) is 8.72. The number of nitrogens with one attached hydrogen (secondary N) is 1. The molecule has 0 aliphatic heterocycles. The van der Waals surface area contributed by atoms with Crippen LogP contribution in [0.3, 0.4) is 0 Å². The van der Waals surface area contributed by atoms with Gasteiger partial charge >= 0.3 is 11.9 Å². The van der Waals surface area contributed by atoms with E-state index in [0.29, 0.717) is 5.69 Å². The van der Waals surface area contributed by atoms with E-state index in [1.165, 1.54) is 24.3 Å². The third kappa shape index (κ3) is 5.13. The van der Waals surface area contributed by atoms with Crippen LogP contribution in [0, 0.1) is 10.1 Å². The molecule has 22 heavy (non-hydrogen) atoms. The van der Waals surface area contributed by atoms with Crippen LogP contribution >= 0.6 is 15.9 Å². The molecule has 0 aliphatic rings. The fourth-order valence-corrected chi connectivity index (χ4v) is 1.48. The van der Waals surface area contributed by atoms with E-state index < -0.39 is 22.6 Å². The molecule has 0 aliphatic carbocycles. The molecule has 1 N–H and O–H groups in total. The van der Waals surface area contributed by atoms with E-state index in [4.69, 9.17) is 4.74 Å². The van der Waals surface area contributed by atoms with Crippen LogP contribution in [0.4, 0.5) is 11.4 Å². The topological polar surface area (TPSA) is 120 Å². The van der Waals surface area contributed by atoms with E-state index >= 15 is 0 Å². The summed E-state index contributed by atoms with van der Waals surface area (Å²) in [6.07, 6.45) is 0. The molecule has 0 unspecified atom stereocenters. The Morgan fingerprint density at radius 2 is 1.86 bits per heavy atom. The van der Waals surface area contributed by atoms with Crippen molar-refractivity contribution >= 4 is 45.0 Å². The summed E-state index contributed by atoms with van der Waals surface area (Å²) in [5, 5.41) is 14.2. The fourth-order valence-electron chi connectivity index (χ4n) is 1.27. The summed E-state index contributed by atoms with van der Waals surface area (Å²) < 4.78 is 9.32. The predicted octanol–water partition coefficient (Wildman–Crippen LogP) is 1.82. The standard InChI is InChI=1S/C12H12BrN3O6/c1-2-21-11(17)10(12(18)22-7-13)15-14-8-3-5-9(6-4-8)16(19)20/h3-6,14H,2,7H2,1H3. The highest BCUT2D eigenvalue weighted by Gasteiger charge is 2.23. The molecule has 1 aromatic carbocycles. The molecule has 0 radical (unpaired) electrons. The van der Waals surface area contributed by atoms with Crippen LogP contribution in [0.25, 0.3) is 0 Å². The quantitative estimate of drug-likeness (QED) is 0.193. The van der Waals surface area contributed by atoms with Gasteiger partial charge in [-0.25, -0.2) is 9.59 Å². The number of hydrazone groups is 1. The number of anilines is 1. The number of nitro groups is 1. The normalized spacial score (nSPS) is 10.7. The summed E-state index contributed by atoms with van der Waals surface area (Å²) in [6, 6.07) is 5.25. The maximum atomic E-state index is 11.6. The first-order valence-electron chi connectivity index (χ1n) is 5.98. The molecule has 0 spiro atoms. The molecule has 0 amide bonds. The Bertz CT molecular complexity index is 567. The number of ether oxygens (including phenoxy) is 2. The minimum absolute atomic E-state index is 0.0664. The van der Waals surface area contributed by atoms with Gasteiger partial charge in [-0.05, 0) is 35.0 Å². The van der Waals surface area contributed by atoms with Crippen molar-refractivity contribution in [1.82, 2.24) is 0 Å². The van der Waals surface area contributed by atoms with E-state index in [1.807, 2.05) is 0 Å². The number of non-ortho nitro benzene ring substituents is 1. The first-order valence-corrected chi connectivity index (χ1v) is 7.10. The number of benzene rings is 1. The second-order valence-electron chi connectivity index (χ2n) is 3.64. The summed E-state index contributed by atoms with van der Waals surface area (Å²) in [6.45, 7) is 1.64. The molecule has 0 saturated heterocycles. The minimum atomic E-state index is -0.968. The number of carbonyl (C=O) groups excluding carboxylic acids is 2. The molecule has 9 nitrogen and oxygen atoms in total. The van der Waals surface area contributed by atoms with Crippen LogP contribution in [-0.2, 0) is 19.1 Å². The number of nitro benzene ring substituents is 1. The Hall–Kier alpha value is -2.49. The lowest BCUT2D eigenvalue weighted by Gasteiger charge is -2.06. The molecule has 0 bridgehead atoms. The molecule has 1 rings (SSSR count). The van der Waals surface area contributed by atoms with Crippen LogP contribution in [0.15, 0.2) is 29.4 Å². The van der Waals surface area contributed by atoms with Gasteiger partial charge in [-0.15, -0.1) is 0 Å². The van der Waals surface area contributed by atoms with E-state index in [9.17, 15) is 19.7 Å². The molecule has 1 aromatic rings. The number of halogens is 1. The number of esters is 2. The number of rotatable bonds is 7. The highest BCUT2D eigenvalue weighted by molar-refractivity contribution is 9.09. The van der Waals surface area contributed by atoms with Crippen molar-refractivity contribution < 1.29 is 24.0 Å². The van der Waals surface area contributed by atoms with Gasteiger partial charge in [0, 0.05) is 12.1 Å². The van der Waals surface area contributed by atoms with Crippen LogP contribution < -0.4 is 5.43 Å². The highest BCUT2D eigenvalue weighted by Crippen LogP contribution is 2.15. The van der Waals surface area contributed by atoms with E-state index in [1.54, 1.807) is 6.92 Å². The van der Waals surface area contributed by atoms with Gasteiger partial charge in [0.2, 0.25) is 0 Å². The zero-order chi connectivity index (χ0) is 16.5. The first kappa shape index (κ1) is 17.6. The van der Waals surface area contributed by atoms with Crippen molar-refractivity contribution in [2.24, 2.45) is 5.10 Å². The SMILES string of the molecule is CCOC(=O)C(=NNc1ccc([N+](=O)[O-])cc1)C(=O)OCBr. The van der Waals surface area contributed by atoms with Gasteiger partial charge in [0.25, 0.3) is 11.4 Å². The number of alkyl halides is 1. The lowest BCUT2D eigenvalue weighted by Crippen LogP contribution is -2.29. The summed E-state index contributed by atoms with van der Waals surface area (Å²) >= 11 is 2.89. The van der Waals surface area contributed by atoms with Crippen LogP contribution in [0.5, 0.6) is 0 Å². The van der Waals surface area contributed by atoms with Gasteiger partial charge in [0.1, 0.15) is 5.52 Å². The van der Waals surface area contributed by atoms with Crippen molar-refractivity contribution in [3.8, 4) is 0 Å². The number of hydrogen-bond donors (Lipinski definition) is 1. The Kier molecular flexibility index (Phi) is 6.96. The Morgan fingerprint density at radius 1 is 1.27 bits per heavy atom. The lowest BCUT2D eigenvalue weighted by atomic mass is 10.3. The van der Waals surface area contributed by atoms with Gasteiger partial charge in [-0.1, -0.05) is 0 Å². The van der Waals surface area contributed by atoms with Crippen molar-refractivity contribution in [2.75, 3.05) is 17.5 Å². The van der Waals surface area contributed by atoms with E-state index in [-0.39, 0.29) is 17.8 Å². The summed E-state index contributed by atoms with van der Waals surface area (Å²) in [5.41, 5.74) is 2.01. The molecule has 118 valence electrons. The monoisotopic (exact) mass is 373 g/mol. The molecular formula is C12H12BrN3O6. The van der Waals surface area contributed by atoms with Crippen molar-refractivity contribution in [3.05, 3.63) is 34.4 Å². The molecule has 10 heteroatoms. The largest absolute Gasteiger partial charge is 0.461 e. The van der Waals surface area contributed by atoms with Gasteiger partial charge in [-0.3, -0.25) is 15.5 Å². The van der Waals surface area contributed by atoms with E-state index in [0.717, 1.165) is 0 Å². The number of nitrogens with zero attached hydrogens (tertiary/aromatic N) is 2. The summed E-state index contributed by atoms with van der Waals surface area (Å²) in [7, 11) is 0. The zero-order valence-corrected chi connectivity index (χ0v) is 13.0. The van der Waals surface area contributed by atoms with Crippen LogP contribution in [-0.4, -0.2) is 34.7 Å². The lowest BCUT2D eigenvalue weighted by molar-refractivity contribution is -0.384. The maximum absolute atomic E-state index is 11.6. The first-order chi connectivity index (χ1) is 10.5. The maximum Gasteiger partial charge on any atom is 0.367 e. The Labute approximate surface area is 133 Å². The van der Waals surface area contributed by atoms with Gasteiger partial charge in [-0.2, -0.15) is 5.10 Å². The van der Waals surface area contributed by atoms with Gasteiger partial charge < -0.3 is 9.47 Å². The smallest absolute Gasteiger partial charge is 0.367 e. The van der Waals surface area contributed by atoms with Crippen molar-refractivity contribution in [3.63, 3.8) is 0 Å². The van der Waals surface area contributed by atoms with Gasteiger partial charge in [0.15, 0.2) is 0 Å². The summed E-state index contributed by atoms with van der Waals surface area (Å²) in [4.78, 5) is 33.2. The number of carbonyl (C=O) groups is 2. The minimum Gasteiger partial charge on any atom is -0.461 e. The van der Waals surface area contributed by atoms with Crippen LogP contribution in [0.1, 0.15) is 6.92 Å². The molecule has 0 atom stereocenters. The molecular weight excluding hydrogens is 362 g/mol. The highest BCUT2D eigenvalue weighted by atomic mass is 79.9. The summed E-state index contributed by atoms with van der Waals surface area (Å²) in [5.74, 6) is -1.91. The Balaban J connectivity index is 2.89. The fraction of sp³-hybridized carbons (Fsp3) is 0.250. The average Bonchev–Trinajstić information content (AvgIpc) is 2.48.